The second kappa shape index (κ2) is 10.0. The van der Waals surface area contributed by atoms with Gasteiger partial charge in [-0.25, -0.2) is 9.69 Å². The zero-order valence-electron chi connectivity index (χ0n) is 15.2. The van der Waals surface area contributed by atoms with Crippen LogP contribution in [0.5, 0.6) is 0 Å². The van der Waals surface area contributed by atoms with Crippen LogP contribution in [0.2, 0.25) is 0 Å². The summed E-state index contributed by atoms with van der Waals surface area (Å²) in [6.45, 7) is 6.27. The van der Waals surface area contributed by atoms with E-state index in [1.807, 2.05) is 36.4 Å². The highest BCUT2D eigenvalue weighted by molar-refractivity contribution is 5.93. The van der Waals surface area contributed by atoms with Crippen molar-refractivity contribution < 1.29 is 14.3 Å². The second-order valence-corrected chi connectivity index (χ2v) is 6.90. The molecule has 4 heteroatoms. The molecule has 1 aliphatic heterocycles. The number of allylic oxidation sites excluding steroid dienone is 1. The molecule has 2 rings (SSSR count). The van der Waals surface area contributed by atoms with Crippen LogP contribution >= 0.6 is 0 Å². The van der Waals surface area contributed by atoms with Crippen LogP contribution in [0.15, 0.2) is 43.0 Å². The summed E-state index contributed by atoms with van der Waals surface area (Å²) in [4.78, 5) is 25.8. The quantitative estimate of drug-likeness (QED) is 0.455. The summed E-state index contributed by atoms with van der Waals surface area (Å²) in [5.74, 6) is 0.540. The van der Waals surface area contributed by atoms with Crippen molar-refractivity contribution in [2.45, 2.75) is 57.9 Å². The Bertz CT molecular complexity index is 570. The lowest BCUT2D eigenvalue weighted by molar-refractivity contribution is -0.129. The van der Waals surface area contributed by atoms with Crippen LogP contribution in [0.3, 0.4) is 0 Å². The number of rotatable bonds is 10. The zero-order valence-corrected chi connectivity index (χ0v) is 15.2. The largest absolute Gasteiger partial charge is 0.447 e. The molecule has 0 aliphatic carbocycles. The van der Waals surface area contributed by atoms with Crippen molar-refractivity contribution in [2.75, 3.05) is 6.61 Å². The molecule has 0 N–H and O–H groups in total. The van der Waals surface area contributed by atoms with Gasteiger partial charge in [-0.1, -0.05) is 56.2 Å². The first-order valence-electron chi connectivity index (χ1n) is 9.25. The fourth-order valence-corrected chi connectivity index (χ4v) is 3.24. The van der Waals surface area contributed by atoms with Gasteiger partial charge in [0, 0.05) is 6.42 Å². The number of amides is 2. The van der Waals surface area contributed by atoms with Gasteiger partial charge in [0.1, 0.15) is 6.61 Å². The average Bonchev–Trinajstić information content (AvgIpc) is 2.98. The van der Waals surface area contributed by atoms with E-state index in [1.165, 1.54) is 4.90 Å². The molecular formula is C21H29NO3. The fraction of sp³-hybridized carbons (Fsp3) is 0.524. The maximum atomic E-state index is 12.5. The molecule has 0 aromatic heterocycles. The third-order valence-electron chi connectivity index (χ3n) is 4.75. The van der Waals surface area contributed by atoms with Gasteiger partial charge in [-0.2, -0.15) is 0 Å². The number of carbonyl (C=O) groups excluding carboxylic acids is 2. The van der Waals surface area contributed by atoms with Crippen molar-refractivity contribution >= 4 is 12.0 Å². The van der Waals surface area contributed by atoms with Crippen LogP contribution in [-0.4, -0.2) is 29.5 Å². The van der Waals surface area contributed by atoms with E-state index >= 15 is 0 Å². The van der Waals surface area contributed by atoms with Gasteiger partial charge in [-0.3, -0.25) is 4.79 Å². The average molecular weight is 343 g/mol. The first-order chi connectivity index (χ1) is 12.1. The van der Waals surface area contributed by atoms with E-state index in [1.54, 1.807) is 0 Å². The number of unbranched alkanes of at least 4 members (excludes halogenated alkanes) is 1. The maximum Gasteiger partial charge on any atom is 0.416 e. The molecule has 4 nitrogen and oxygen atoms in total. The molecule has 2 atom stereocenters. The number of hydrogen-bond acceptors (Lipinski definition) is 3. The Labute approximate surface area is 150 Å². The summed E-state index contributed by atoms with van der Waals surface area (Å²) in [7, 11) is 0. The van der Waals surface area contributed by atoms with E-state index in [9.17, 15) is 9.59 Å². The fourth-order valence-electron chi connectivity index (χ4n) is 3.24. The summed E-state index contributed by atoms with van der Waals surface area (Å²) >= 11 is 0. The predicted octanol–water partition coefficient (Wildman–Crippen LogP) is 4.74. The summed E-state index contributed by atoms with van der Waals surface area (Å²) in [5.41, 5.74) is 1.11. The number of benzene rings is 1. The summed E-state index contributed by atoms with van der Waals surface area (Å²) in [5, 5.41) is 0. The molecule has 2 amide bonds. The van der Waals surface area contributed by atoms with Crippen LogP contribution in [0, 0.1) is 5.92 Å². The van der Waals surface area contributed by atoms with Crippen LogP contribution < -0.4 is 0 Å². The standard InChI is InChI=1S/C21H29NO3/c1-3-4-10-17(2)11-8-9-14-20(23)22-19(16-25-21(22)24)15-18-12-6-5-7-13-18/h3,5-7,12-13,17,19H,1,4,8-11,14-16H2,2H3/t17-,19+/m1/s1. The van der Waals surface area contributed by atoms with Gasteiger partial charge >= 0.3 is 6.09 Å². The third-order valence-corrected chi connectivity index (χ3v) is 4.75. The molecule has 0 unspecified atom stereocenters. The van der Waals surface area contributed by atoms with E-state index < -0.39 is 6.09 Å². The van der Waals surface area contributed by atoms with Gasteiger partial charge in [0.25, 0.3) is 0 Å². The smallest absolute Gasteiger partial charge is 0.416 e. The van der Waals surface area contributed by atoms with Crippen molar-refractivity contribution in [1.82, 2.24) is 4.90 Å². The Kier molecular flexibility index (Phi) is 7.71. The Morgan fingerprint density at radius 2 is 2.08 bits per heavy atom. The number of imide groups is 1. The summed E-state index contributed by atoms with van der Waals surface area (Å²) < 4.78 is 5.12. The van der Waals surface area contributed by atoms with Gasteiger partial charge in [0.15, 0.2) is 0 Å². The highest BCUT2D eigenvalue weighted by Gasteiger charge is 2.37. The zero-order chi connectivity index (χ0) is 18.1. The highest BCUT2D eigenvalue weighted by atomic mass is 16.6. The molecular weight excluding hydrogens is 314 g/mol. The van der Waals surface area contributed by atoms with Crippen LogP contribution in [0.1, 0.15) is 51.0 Å². The minimum Gasteiger partial charge on any atom is -0.447 e. The van der Waals surface area contributed by atoms with Gasteiger partial charge in [-0.05, 0) is 37.2 Å². The van der Waals surface area contributed by atoms with Crippen LogP contribution in [0.4, 0.5) is 4.79 Å². The Morgan fingerprint density at radius 1 is 1.32 bits per heavy atom. The van der Waals surface area contributed by atoms with Crippen molar-refractivity contribution in [1.29, 1.82) is 0 Å². The molecule has 0 spiro atoms. The molecule has 0 radical (unpaired) electrons. The summed E-state index contributed by atoms with van der Waals surface area (Å²) in [6.07, 6.45) is 7.65. The van der Waals surface area contributed by atoms with Crippen molar-refractivity contribution in [3.63, 3.8) is 0 Å². The van der Waals surface area contributed by atoms with E-state index in [-0.39, 0.29) is 18.6 Å². The van der Waals surface area contributed by atoms with Crippen molar-refractivity contribution in [3.8, 4) is 0 Å². The number of cyclic esters (lactones) is 1. The first-order valence-corrected chi connectivity index (χ1v) is 9.25. The topological polar surface area (TPSA) is 46.6 Å². The molecule has 1 heterocycles. The van der Waals surface area contributed by atoms with Gasteiger partial charge in [0.05, 0.1) is 6.04 Å². The molecule has 1 saturated heterocycles. The second-order valence-electron chi connectivity index (χ2n) is 6.90. The number of hydrogen-bond donors (Lipinski definition) is 0. The molecule has 1 fully saturated rings. The molecule has 25 heavy (non-hydrogen) atoms. The molecule has 1 aromatic rings. The monoisotopic (exact) mass is 343 g/mol. The molecule has 1 aromatic carbocycles. The van der Waals surface area contributed by atoms with Gasteiger partial charge < -0.3 is 4.74 Å². The van der Waals surface area contributed by atoms with Gasteiger partial charge in [0.2, 0.25) is 5.91 Å². The van der Waals surface area contributed by atoms with Gasteiger partial charge in [-0.15, -0.1) is 6.58 Å². The lowest BCUT2D eigenvalue weighted by Gasteiger charge is -2.20. The molecule has 136 valence electrons. The third kappa shape index (κ3) is 6.04. The lowest BCUT2D eigenvalue weighted by Crippen LogP contribution is -2.40. The Hall–Kier alpha value is -2.10. The van der Waals surface area contributed by atoms with Crippen LogP contribution in [-0.2, 0) is 16.0 Å². The minimum absolute atomic E-state index is 0.109. The van der Waals surface area contributed by atoms with E-state index in [0.29, 0.717) is 18.8 Å². The Balaban J connectivity index is 1.78. The predicted molar refractivity (Wildman–Crippen MR) is 99.2 cm³/mol. The SMILES string of the molecule is C=CCC[C@@H](C)CCCCC(=O)N1C(=O)OC[C@@H]1Cc1ccccc1. The number of nitrogens with zero attached hydrogens (tertiary/aromatic N) is 1. The highest BCUT2D eigenvalue weighted by Crippen LogP contribution is 2.20. The maximum absolute atomic E-state index is 12.5. The first kappa shape index (κ1) is 19.2. The van der Waals surface area contributed by atoms with E-state index in [0.717, 1.165) is 37.7 Å². The van der Waals surface area contributed by atoms with Crippen molar-refractivity contribution in [2.24, 2.45) is 5.92 Å². The number of ether oxygens (including phenoxy) is 1. The Morgan fingerprint density at radius 3 is 2.80 bits per heavy atom. The van der Waals surface area contributed by atoms with Crippen LogP contribution in [0.25, 0.3) is 0 Å². The lowest BCUT2D eigenvalue weighted by atomic mass is 9.98. The van der Waals surface area contributed by atoms with E-state index in [4.69, 9.17) is 4.74 Å². The molecule has 1 aliphatic rings. The van der Waals surface area contributed by atoms with Crippen molar-refractivity contribution in [3.05, 3.63) is 48.6 Å². The summed E-state index contributed by atoms with van der Waals surface area (Å²) in [6, 6.07) is 9.72. The number of carbonyl (C=O) groups is 2. The molecule has 0 saturated carbocycles. The minimum atomic E-state index is -0.495. The van der Waals surface area contributed by atoms with E-state index in [2.05, 4.69) is 13.5 Å². The molecule has 0 bridgehead atoms. The normalized spacial score (nSPS) is 18.0.